The molecule has 1 aromatic carbocycles. The van der Waals surface area contributed by atoms with E-state index in [2.05, 4.69) is 25.7 Å². The number of hydrogen-bond acceptors (Lipinski definition) is 7. The third-order valence-electron chi connectivity index (χ3n) is 2.59. The van der Waals surface area contributed by atoms with E-state index >= 15 is 0 Å². The van der Waals surface area contributed by atoms with E-state index in [4.69, 9.17) is 4.52 Å². The molecule has 8 heteroatoms. The fraction of sp³-hybridized carbons (Fsp3) is 0.250. The maximum absolute atomic E-state index is 5.14. The van der Waals surface area contributed by atoms with Gasteiger partial charge >= 0.3 is 0 Å². The van der Waals surface area contributed by atoms with Gasteiger partial charge in [-0.15, -0.1) is 5.10 Å². The summed E-state index contributed by atoms with van der Waals surface area (Å²) in [6.45, 7) is 1.98. The fourth-order valence-corrected chi connectivity index (χ4v) is 2.35. The topological polar surface area (TPSA) is 82.5 Å². The van der Waals surface area contributed by atoms with Crippen LogP contribution in [0.5, 0.6) is 0 Å². The molecule has 0 atom stereocenters. The van der Waals surface area contributed by atoms with Gasteiger partial charge in [-0.1, -0.05) is 42.0 Å². The molecule has 2 heterocycles. The van der Waals surface area contributed by atoms with Gasteiger partial charge in [0, 0.05) is 6.42 Å². The van der Waals surface area contributed by atoms with Crippen LogP contribution in [-0.4, -0.2) is 30.3 Å². The lowest BCUT2D eigenvalue weighted by Crippen LogP contribution is -1.98. The maximum atomic E-state index is 5.14. The molecule has 0 amide bonds. The third-order valence-corrected chi connectivity index (χ3v) is 3.50. The number of para-hydroxylation sites is 1. The summed E-state index contributed by atoms with van der Waals surface area (Å²) in [5.41, 5.74) is 0.916. The number of aromatic nitrogens is 6. The fourth-order valence-electron chi connectivity index (χ4n) is 1.62. The predicted octanol–water partition coefficient (Wildman–Crippen LogP) is 1.90. The molecule has 2 aromatic heterocycles. The zero-order valence-corrected chi connectivity index (χ0v) is 11.6. The van der Waals surface area contributed by atoms with Crippen LogP contribution in [0.3, 0.4) is 0 Å². The van der Waals surface area contributed by atoms with Gasteiger partial charge in [0.05, 0.1) is 11.4 Å². The number of aryl methyl sites for hydroxylation is 1. The molecule has 0 aliphatic rings. The summed E-state index contributed by atoms with van der Waals surface area (Å²) >= 11 is 1.46. The zero-order valence-electron chi connectivity index (χ0n) is 10.8. The SMILES string of the molecule is CCc1noc(CSc2nnnn2-c2ccccc2)n1. The molecule has 0 aliphatic carbocycles. The van der Waals surface area contributed by atoms with Gasteiger partial charge in [-0.2, -0.15) is 9.67 Å². The van der Waals surface area contributed by atoms with Crippen LogP contribution in [0.4, 0.5) is 0 Å². The lowest BCUT2D eigenvalue weighted by Gasteiger charge is -2.01. The molecule has 0 unspecified atom stereocenters. The van der Waals surface area contributed by atoms with Crippen molar-refractivity contribution >= 4 is 11.8 Å². The zero-order chi connectivity index (χ0) is 13.8. The van der Waals surface area contributed by atoms with E-state index in [1.54, 1.807) is 4.68 Å². The molecule has 0 bridgehead atoms. The van der Waals surface area contributed by atoms with E-state index in [-0.39, 0.29) is 0 Å². The van der Waals surface area contributed by atoms with Crippen LogP contribution in [0.1, 0.15) is 18.6 Å². The van der Waals surface area contributed by atoms with Crippen molar-refractivity contribution in [3.05, 3.63) is 42.0 Å². The Hall–Kier alpha value is -2.22. The normalized spacial score (nSPS) is 10.8. The molecule has 0 saturated heterocycles. The van der Waals surface area contributed by atoms with Crippen LogP contribution in [0.25, 0.3) is 5.69 Å². The van der Waals surface area contributed by atoms with Gasteiger partial charge in [0.25, 0.3) is 0 Å². The second-order valence-corrected chi connectivity index (χ2v) is 4.90. The van der Waals surface area contributed by atoms with E-state index in [1.807, 2.05) is 37.3 Å². The molecule has 0 aliphatic heterocycles. The molecule has 0 N–H and O–H groups in total. The van der Waals surface area contributed by atoms with E-state index in [0.29, 0.717) is 22.6 Å². The summed E-state index contributed by atoms with van der Waals surface area (Å²) in [7, 11) is 0. The number of benzene rings is 1. The molecule has 0 fully saturated rings. The van der Waals surface area contributed by atoms with Crippen LogP contribution < -0.4 is 0 Å². The Balaban J connectivity index is 1.74. The smallest absolute Gasteiger partial charge is 0.237 e. The van der Waals surface area contributed by atoms with Gasteiger partial charge in [-0.3, -0.25) is 0 Å². The predicted molar refractivity (Wildman–Crippen MR) is 72.4 cm³/mol. The van der Waals surface area contributed by atoms with Crippen molar-refractivity contribution in [2.45, 2.75) is 24.3 Å². The molecule has 3 rings (SSSR count). The highest BCUT2D eigenvalue weighted by atomic mass is 32.2. The van der Waals surface area contributed by atoms with Gasteiger partial charge in [-0.05, 0) is 22.6 Å². The highest BCUT2D eigenvalue weighted by molar-refractivity contribution is 7.98. The summed E-state index contributed by atoms with van der Waals surface area (Å²) in [4.78, 5) is 4.25. The Kier molecular flexibility index (Phi) is 3.73. The van der Waals surface area contributed by atoms with Crippen LogP contribution in [0.15, 0.2) is 40.0 Å². The molecule has 102 valence electrons. The lowest BCUT2D eigenvalue weighted by molar-refractivity contribution is 0.385. The van der Waals surface area contributed by atoms with Crippen molar-refractivity contribution in [1.82, 2.24) is 30.3 Å². The van der Waals surface area contributed by atoms with E-state index in [0.717, 1.165) is 12.1 Å². The van der Waals surface area contributed by atoms with Gasteiger partial charge in [0.1, 0.15) is 0 Å². The molecule has 0 radical (unpaired) electrons. The van der Waals surface area contributed by atoms with Crippen molar-refractivity contribution in [3.8, 4) is 5.69 Å². The van der Waals surface area contributed by atoms with E-state index in [1.165, 1.54) is 11.8 Å². The number of nitrogens with zero attached hydrogens (tertiary/aromatic N) is 6. The summed E-state index contributed by atoms with van der Waals surface area (Å²) < 4.78 is 6.82. The molecule has 3 aromatic rings. The number of rotatable bonds is 5. The average molecular weight is 288 g/mol. The Morgan fingerprint density at radius 2 is 2.10 bits per heavy atom. The first-order chi connectivity index (χ1) is 9.86. The minimum absolute atomic E-state index is 0.542. The monoisotopic (exact) mass is 288 g/mol. The summed E-state index contributed by atoms with van der Waals surface area (Å²) in [5, 5.41) is 16.3. The first kappa shape index (κ1) is 12.8. The summed E-state index contributed by atoms with van der Waals surface area (Å²) in [5.74, 6) is 1.83. The van der Waals surface area contributed by atoms with E-state index < -0.39 is 0 Å². The number of tetrazole rings is 1. The van der Waals surface area contributed by atoms with Crippen molar-refractivity contribution in [2.75, 3.05) is 0 Å². The lowest BCUT2D eigenvalue weighted by atomic mass is 10.3. The van der Waals surface area contributed by atoms with Crippen LogP contribution in [0.2, 0.25) is 0 Å². The Labute approximate surface area is 119 Å². The second-order valence-electron chi connectivity index (χ2n) is 3.96. The Morgan fingerprint density at radius 3 is 2.85 bits per heavy atom. The first-order valence-electron chi connectivity index (χ1n) is 6.15. The molecular formula is C12H12N6OS. The minimum atomic E-state index is 0.542. The summed E-state index contributed by atoms with van der Waals surface area (Å²) in [6, 6.07) is 9.73. The van der Waals surface area contributed by atoms with Gasteiger partial charge in [-0.25, -0.2) is 0 Å². The molecule has 20 heavy (non-hydrogen) atoms. The van der Waals surface area contributed by atoms with Crippen molar-refractivity contribution in [2.24, 2.45) is 0 Å². The number of hydrogen-bond donors (Lipinski definition) is 0. The largest absolute Gasteiger partial charge is 0.338 e. The van der Waals surface area contributed by atoms with Gasteiger partial charge < -0.3 is 4.52 Å². The van der Waals surface area contributed by atoms with Gasteiger partial charge in [0.15, 0.2) is 5.82 Å². The maximum Gasteiger partial charge on any atom is 0.237 e. The third kappa shape index (κ3) is 2.69. The molecule has 0 saturated carbocycles. The standard InChI is InChI=1S/C12H12N6OS/c1-2-10-13-11(19-15-10)8-20-12-14-16-17-18(12)9-6-4-3-5-7-9/h3-7H,2,8H2,1H3. The Bertz CT molecular complexity index is 680. The first-order valence-corrected chi connectivity index (χ1v) is 7.13. The summed E-state index contributed by atoms with van der Waals surface area (Å²) in [6.07, 6.45) is 0.760. The molecular weight excluding hydrogens is 276 g/mol. The van der Waals surface area contributed by atoms with Crippen molar-refractivity contribution in [3.63, 3.8) is 0 Å². The van der Waals surface area contributed by atoms with Crippen molar-refractivity contribution in [1.29, 1.82) is 0 Å². The quantitative estimate of drug-likeness (QED) is 0.663. The van der Waals surface area contributed by atoms with Crippen LogP contribution >= 0.6 is 11.8 Å². The van der Waals surface area contributed by atoms with Crippen LogP contribution in [0, 0.1) is 0 Å². The Morgan fingerprint density at radius 1 is 1.25 bits per heavy atom. The van der Waals surface area contributed by atoms with Crippen molar-refractivity contribution < 1.29 is 4.52 Å². The second kappa shape index (κ2) is 5.83. The van der Waals surface area contributed by atoms with Gasteiger partial charge in [0.2, 0.25) is 11.0 Å². The molecule has 7 nitrogen and oxygen atoms in total. The van der Waals surface area contributed by atoms with Crippen LogP contribution in [-0.2, 0) is 12.2 Å². The number of thioether (sulfide) groups is 1. The average Bonchev–Trinajstić information content (AvgIpc) is 3.15. The highest BCUT2D eigenvalue weighted by Crippen LogP contribution is 2.21. The highest BCUT2D eigenvalue weighted by Gasteiger charge is 2.11. The van der Waals surface area contributed by atoms with E-state index in [9.17, 15) is 0 Å². The minimum Gasteiger partial charge on any atom is -0.338 e. The molecule has 0 spiro atoms.